The van der Waals surface area contributed by atoms with E-state index in [2.05, 4.69) is 0 Å². The van der Waals surface area contributed by atoms with E-state index in [-0.39, 0.29) is 29.8 Å². The summed E-state index contributed by atoms with van der Waals surface area (Å²) in [6.45, 7) is 7.01. The highest BCUT2D eigenvalue weighted by atomic mass is 19.1. The molecule has 148 valence electrons. The van der Waals surface area contributed by atoms with E-state index in [9.17, 15) is 19.8 Å². The Labute approximate surface area is 159 Å². The van der Waals surface area contributed by atoms with Gasteiger partial charge >= 0.3 is 0 Å². The number of alkyl halides is 1. The first kappa shape index (κ1) is 19.0. The van der Waals surface area contributed by atoms with Crippen molar-refractivity contribution in [2.24, 2.45) is 28.6 Å². The summed E-state index contributed by atoms with van der Waals surface area (Å²) < 4.78 is 16.9. The van der Waals surface area contributed by atoms with Gasteiger partial charge in [-0.3, -0.25) is 9.59 Å². The molecule has 0 spiro atoms. The van der Waals surface area contributed by atoms with Crippen LogP contribution >= 0.6 is 0 Å². The molecule has 2 unspecified atom stereocenters. The minimum absolute atomic E-state index is 0.00153. The Morgan fingerprint density at radius 3 is 2.59 bits per heavy atom. The Hall–Kier alpha value is -1.33. The van der Waals surface area contributed by atoms with Crippen LogP contribution in [0.4, 0.5) is 4.39 Å². The van der Waals surface area contributed by atoms with Crippen LogP contribution in [0.25, 0.3) is 0 Å². The van der Waals surface area contributed by atoms with E-state index in [0.29, 0.717) is 19.3 Å². The van der Waals surface area contributed by atoms with Gasteiger partial charge in [-0.25, -0.2) is 4.39 Å². The highest BCUT2D eigenvalue weighted by Crippen LogP contribution is 2.70. The maximum Gasteiger partial charge on any atom is 0.178 e. The molecule has 0 saturated heterocycles. The highest BCUT2D eigenvalue weighted by molar-refractivity contribution is 6.01. The molecular formula is C22H29FO4. The summed E-state index contributed by atoms with van der Waals surface area (Å²) in [4.78, 5) is 24.2. The summed E-state index contributed by atoms with van der Waals surface area (Å²) in [5, 5.41) is 22.3. The highest BCUT2D eigenvalue weighted by Gasteiger charge is 2.74. The second kappa shape index (κ2) is 5.38. The number of carbonyl (C=O) groups excluding carboxylic acids is 2. The van der Waals surface area contributed by atoms with E-state index in [4.69, 9.17) is 0 Å². The molecule has 2 N–H and O–H groups in total. The molecule has 0 aromatic rings. The Morgan fingerprint density at radius 2 is 1.96 bits per heavy atom. The van der Waals surface area contributed by atoms with Gasteiger partial charge in [-0.2, -0.15) is 0 Å². The number of fused-ring (bicyclic) bond motifs is 5. The van der Waals surface area contributed by atoms with Crippen molar-refractivity contribution < 1.29 is 24.2 Å². The van der Waals surface area contributed by atoms with Gasteiger partial charge in [-0.05, 0) is 63.5 Å². The number of aliphatic hydroxyl groups is 2. The molecule has 0 aliphatic heterocycles. The summed E-state index contributed by atoms with van der Waals surface area (Å²) in [5.74, 6) is -1.11. The second-order valence-corrected chi connectivity index (χ2v) is 9.75. The van der Waals surface area contributed by atoms with Crippen molar-refractivity contribution in [1.82, 2.24) is 0 Å². The van der Waals surface area contributed by atoms with Crippen LogP contribution in [0.3, 0.4) is 0 Å². The zero-order valence-electron chi connectivity index (χ0n) is 16.5. The average Bonchev–Trinajstić information content (AvgIpc) is 2.85. The first-order chi connectivity index (χ1) is 12.4. The third kappa shape index (κ3) is 2.00. The van der Waals surface area contributed by atoms with Gasteiger partial charge in [0.25, 0.3) is 0 Å². The summed E-state index contributed by atoms with van der Waals surface area (Å²) >= 11 is 0. The standard InChI is InChI=1S/C22H29FO4/c1-12-9-17-15-6-8-21(27,13(2)24)20(15,4)11-18(26)22(17,23)19(3)7-5-14(25)10-16(12)19/h5,7,10,12,15,17-18,26-27H,6,8-9,11H2,1-4H3/t12?,15-,17-,18?,19-,20-,21-,22+/m0/s1. The van der Waals surface area contributed by atoms with E-state index < -0.39 is 34.1 Å². The molecule has 3 saturated carbocycles. The molecule has 4 rings (SSSR count). The maximum absolute atomic E-state index is 16.9. The van der Waals surface area contributed by atoms with E-state index in [1.54, 1.807) is 13.0 Å². The van der Waals surface area contributed by atoms with Crippen molar-refractivity contribution in [3.8, 4) is 0 Å². The number of hydrogen-bond acceptors (Lipinski definition) is 4. The van der Waals surface area contributed by atoms with Crippen LogP contribution in [0.2, 0.25) is 0 Å². The predicted molar refractivity (Wildman–Crippen MR) is 98.5 cm³/mol. The fourth-order valence-electron chi connectivity index (χ4n) is 7.18. The van der Waals surface area contributed by atoms with E-state index >= 15 is 4.39 Å². The van der Waals surface area contributed by atoms with Gasteiger partial charge in [0.15, 0.2) is 17.2 Å². The SMILES string of the molecule is CC(=O)[C@@]1(O)CC[C@H]2[C@@H]3CC(C)C4=CC(=O)C=C[C@]4(C)[C@]3(F)C(O)C[C@@]21C. The van der Waals surface area contributed by atoms with Gasteiger partial charge in [-0.1, -0.05) is 25.5 Å². The van der Waals surface area contributed by atoms with Crippen molar-refractivity contribution in [3.63, 3.8) is 0 Å². The molecule has 8 atom stereocenters. The fraction of sp³-hybridized carbons (Fsp3) is 0.727. The molecule has 3 fully saturated rings. The molecule has 0 heterocycles. The molecule has 5 heteroatoms. The molecule has 27 heavy (non-hydrogen) atoms. The second-order valence-electron chi connectivity index (χ2n) is 9.75. The van der Waals surface area contributed by atoms with E-state index in [0.717, 1.165) is 5.57 Å². The predicted octanol–water partition coefficient (Wildman–Crippen LogP) is 2.92. The lowest BCUT2D eigenvalue weighted by atomic mass is 9.43. The van der Waals surface area contributed by atoms with Gasteiger partial charge in [0.05, 0.1) is 6.10 Å². The molecule has 0 bridgehead atoms. The van der Waals surface area contributed by atoms with Crippen LogP contribution in [-0.4, -0.2) is 39.2 Å². The Bertz CT molecular complexity index is 787. The molecule has 0 aromatic carbocycles. The third-order valence-corrected chi connectivity index (χ3v) is 8.70. The quantitative estimate of drug-likeness (QED) is 0.738. The van der Waals surface area contributed by atoms with Crippen LogP contribution < -0.4 is 0 Å². The molecule has 0 radical (unpaired) electrons. The maximum atomic E-state index is 16.9. The number of aliphatic hydroxyl groups excluding tert-OH is 1. The van der Waals surface area contributed by atoms with E-state index in [1.165, 1.54) is 19.1 Å². The van der Waals surface area contributed by atoms with Gasteiger partial charge < -0.3 is 10.2 Å². The number of allylic oxidation sites excluding steroid dienone is 4. The van der Waals surface area contributed by atoms with Crippen molar-refractivity contribution in [1.29, 1.82) is 0 Å². The number of ketones is 2. The van der Waals surface area contributed by atoms with Gasteiger partial charge in [0.2, 0.25) is 0 Å². The smallest absolute Gasteiger partial charge is 0.178 e. The van der Waals surface area contributed by atoms with E-state index in [1.807, 2.05) is 13.8 Å². The van der Waals surface area contributed by atoms with Crippen molar-refractivity contribution in [3.05, 3.63) is 23.8 Å². The topological polar surface area (TPSA) is 74.6 Å². The Balaban J connectivity index is 1.86. The molecule has 4 aliphatic rings. The summed E-state index contributed by atoms with van der Waals surface area (Å²) in [6.07, 6.45) is 4.68. The number of rotatable bonds is 1. The van der Waals surface area contributed by atoms with Crippen LogP contribution in [0.15, 0.2) is 23.8 Å². The number of carbonyl (C=O) groups is 2. The van der Waals surface area contributed by atoms with Crippen LogP contribution in [0.5, 0.6) is 0 Å². The Morgan fingerprint density at radius 1 is 1.30 bits per heavy atom. The van der Waals surface area contributed by atoms with Crippen molar-refractivity contribution in [2.45, 2.75) is 70.8 Å². The fourth-order valence-corrected chi connectivity index (χ4v) is 7.18. The molecule has 4 nitrogen and oxygen atoms in total. The summed E-state index contributed by atoms with van der Waals surface area (Å²) in [6, 6.07) is 0. The average molecular weight is 376 g/mol. The zero-order valence-corrected chi connectivity index (χ0v) is 16.5. The summed E-state index contributed by atoms with van der Waals surface area (Å²) in [7, 11) is 0. The summed E-state index contributed by atoms with van der Waals surface area (Å²) in [5.41, 5.74) is -4.59. The van der Waals surface area contributed by atoms with Crippen LogP contribution in [0, 0.1) is 28.6 Å². The largest absolute Gasteiger partial charge is 0.390 e. The van der Waals surface area contributed by atoms with Gasteiger partial charge in [0.1, 0.15) is 5.60 Å². The van der Waals surface area contributed by atoms with Gasteiger partial charge in [0, 0.05) is 16.7 Å². The normalized spacial score (nSPS) is 54.0. The van der Waals surface area contributed by atoms with Crippen LogP contribution in [-0.2, 0) is 9.59 Å². The van der Waals surface area contributed by atoms with Crippen molar-refractivity contribution >= 4 is 11.6 Å². The molecule has 0 amide bonds. The Kier molecular flexibility index (Phi) is 3.79. The molecular weight excluding hydrogens is 347 g/mol. The first-order valence-corrected chi connectivity index (χ1v) is 9.97. The minimum atomic E-state index is -1.92. The lowest BCUT2D eigenvalue weighted by Gasteiger charge is -2.63. The monoisotopic (exact) mass is 376 g/mol. The lowest BCUT2D eigenvalue weighted by molar-refractivity contribution is -0.219. The van der Waals surface area contributed by atoms with Gasteiger partial charge in [-0.15, -0.1) is 0 Å². The number of halogens is 1. The first-order valence-electron chi connectivity index (χ1n) is 9.97. The minimum Gasteiger partial charge on any atom is -0.390 e. The number of Topliss-reactive ketones (excluding diaryl/α,β-unsaturated/α-hetero) is 1. The van der Waals surface area contributed by atoms with Crippen molar-refractivity contribution in [2.75, 3.05) is 0 Å². The molecule has 4 aliphatic carbocycles. The van der Waals surface area contributed by atoms with Crippen LogP contribution in [0.1, 0.15) is 53.4 Å². The number of hydrogen-bond donors (Lipinski definition) is 2. The molecule has 0 aromatic heterocycles. The third-order valence-electron chi connectivity index (χ3n) is 8.70. The zero-order chi connectivity index (χ0) is 20.0. The lowest BCUT2D eigenvalue weighted by Crippen LogP contribution is -2.69.